The minimum Gasteiger partial charge on any atom is -0.370 e. The maximum absolute atomic E-state index is 9.11. The summed E-state index contributed by atoms with van der Waals surface area (Å²) in [7, 11) is 0. The van der Waals surface area contributed by atoms with Gasteiger partial charge in [-0.2, -0.15) is 5.26 Å². The van der Waals surface area contributed by atoms with Gasteiger partial charge in [-0.15, -0.1) is 6.58 Å². The van der Waals surface area contributed by atoms with Gasteiger partial charge in [0.05, 0.1) is 6.07 Å². The van der Waals surface area contributed by atoms with E-state index in [1.807, 2.05) is 6.07 Å². The first-order valence-corrected chi connectivity index (χ1v) is 14.1. The van der Waals surface area contributed by atoms with E-state index in [2.05, 4.69) is 92.9 Å². The third-order valence-corrected chi connectivity index (χ3v) is 8.09. The Labute approximate surface area is 224 Å². The van der Waals surface area contributed by atoms with E-state index >= 15 is 0 Å². The van der Waals surface area contributed by atoms with Gasteiger partial charge in [-0.1, -0.05) is 74.4 Å². The molecule has 0 amide bonds. The molecule has 1 fully saturated rings. The number of hydrogen-bond donors (Lipinski definition) is 0. The van der Waals surface area contributed by atoms with Gasteiger partial charge in [0.2, 0.25) is 0 Å². The monoisotopic (exact) mass is 502 g/mol. The Bertz CT molecular complexity index is 1050. The van der Waals surface area contributed by atoms with Crippen LogP contribution in [0.4, 0.5) is 5.69 Å². The summed E-state index contributed by atoms with van der Waals surface area (Å²) >= 11 is 6.40. The molecule has 4 atom stereocenters. The number of rotatable bonds is 14. The summed E-state index contributed by atoms with van der Waals surface area (Å²) in [4.78, 5) is 2.63. The third-order valence-electron chi connectivity index (χ3n) is 7.85. The van der Waals surface area contributed by atoms with Crippen molar-refractivity contribution in [1.82, 2.24) is 0 Å². The minimum atomic E-state index is 0.370. The van der Waals surface area contributed by atoms with E-state index in [4.69, 9.17) is 16.9 Å². The molecule has 3 rings (SSSR count). The summed E-state index contributed by atoms with van der Waals surface area (Å²) in [5, 5.41) is 9.93. The Morgan fingerprint density at radius 3 is 2.64 bits per heavy atom. The van der Waals surface area contributed by atoms with Crippen molar-refractivity contribution in [3.63, 3.8) is 0 Å². The van der Waals surface area contributed by atoms with Crippen LogP contribution in [0.1, 0.15) is 75.0 Å². The highest BCUT2D eigenvalue weighted by molar-refractivity contribution is 6.30. The van der Waals surface area contributed by atoms with Gasteiger partial charge in [-0.3, -0.25) is 0 Å². The first-order chi connectivity index (χ1) is 17.5. The fraction of sp³-hybridized carbons (Fsp3) is 0.485. The van der Waals surface area contributed by atoms with Crippen molar-refractivity contribution in [2.24, 2.45) is 17.8 Å². The average Bonchev–Trinajstić information content (AvgIpc) is 2.85. The molecule has 0 aromatic heterocycles. The molecule has 2 aromatic rings. The van der Waals surface area contributed by atoms with Gasteiger partial charge >= 0.3 is 0 Å². The van der Waals surface area contributed by atoms with Crippen LogP contribution in [-0.4, -0.2) is 13.1 Å². The lowest BCUT2D eigenvalue weighted by Gasteiger charge is -2.41. The number of allylic oxidation sites excluding steroid dienone is 3. The zero-order valence-electron chi connectivity index (χ0n) is 22.4. The molecular formula is C33H43ClN2. The smallest absolute Gasteiger partial charge is 0.0627 e. The second-order valence-corrected chi connectivity index (χ2v) is 10.9. The van der Waals surface area contributed by atoms with E-state index in [1.165, 1.54) is 35.2 Å². The molecule has 4 unspecified atom stereocenters. The van der Waals surface area contributed by atoms with Crippen molar-refractivity contribution in [3.8, 4) is 6.07 Å². The number of nitrogens with zero attached hydrogens (tertiary/aromatic N) is 2. The molecular weight excluding hydrogens is 460 g/mol. The SMILES string of the molecule is C=CCC(CN(CC1CCC1/C=C/C(CC)CC#N)c1ccccc1C)c1ccc(Cl)cc1CCC. The molecule has 2 aromatic carbocycles. The lowest BCUT2D eigenvalue weighted by molar-refractivity contribution is 0.229. The summed E-state index contributed by atoms with van der Waals surface area (Å²) < 4.78 is 0. The van der Waals surface area contributed by atoms with Gasteiger partial charge in [0.1, 0.15) is 0 Å². The Hall–Kier alpha value is -2.50. The fourth-order valence-corrected chi connectivity index (χ4v) is 5.73. The van der Waals surface area contributed by atoms with Gasteiger partial charge < -0.3 is 4.90 Å². The number of aryl methyl sites for hydroxylation is 2. The fourth-order valence-electron chi connectivity index (χ4n) is 5.54. The van der Waals surface area contributed by atoms with Crippen LogP contribution >= 0.6 is 11.6 Å². The van der Waals surface area contributed by atoms with Gasteiger partial charge in [0.15, 0.2) is 0 Å². The zero-order chi connectivity index (χ0) is 25.9. The van der Waals surface area contributed by atoms with Crippen LogP contribution < -0.4 is 4.90 Å². The summed E-state index contributed by atoms with van der Waals surface area (Å²) in [5.41, 5.74) is 5.44. The molecule has 3 heteroatoms. The number of para-hydroxylation sites is 1. The molecule has 0 radical (unpaired) electrons. The summed E-state index contributed by atoms with van der Waals surface area (Å²) in [6.07, 6.45) is 14.0. The molecule has 1 saturated carbocycles. The Morgan fingerprint density at radius 1 is 1.19 bits per heavy atom. The first-order valence-electron chi connectivity index (χ1n) is 13.8. The van der Waals surface area contributed by atoms with Gasteiger partial charge in [0.25, 0.3) is 0 Å². The molecule has 1 aliphatic rings. The van der Waals surface area contributed by atoms with Crippen LogP contribution in [0, 0.1) is 36.0 Å². The topological polar surface area (TPSA) is 27.0 Å². The number of benzene rings is 2. The molecule has 0 aliphatic heterocycles. The largest absolute Gasteiger partial charge is 0.370 e. The van der Waals surface area contributed by atoms with Crippen LogP contribution in [0.3, 0.4) is 0 Å². The van der Waals surface area contributed by atoms with Gasteiger partial charge in [-0.25, -0.2) is 0 Å². The first kappa shape index (κ1) is 28.1. The van der Waals surface area contributed by atoms with Crippen molar-refractivity contribution >= 4 is 17.3 Å². The lowest BCUT2D eigenvalue weighted by atomic mass is 9.72. The highest BCUT2D eigenvalue weighted by Gasteiger charge is 2.32. The van der Waals surface area contributed by atoms with Crippen LogP contribution in [0.2, 0.25) is 5.02 Å². The number of nitriles is 1. The van der Waals surface area contributed by atoms with Crippen LogP contribution in [0.25, 0.3) is 0 Å². The van der Waals surface area contributed by atoms with E-state index in [0.29, 0.717) is 30.1 Å². The van der Waals surface area contributed by atoms with Gasteiger partial charge in [-0.05, 0) is 91.7 Å². The Morgan fingerprint density at radius 2 is 2.00 bits per heavy atom. The Balaban J connectivity index is 1.86. The predicted molar refractivity (Wildman–Crippen MR) is 156 cm³/mol. The number of halogens is 1. The molecule has 2 nitrogen and oxygen atoms in total. The highest BCUT2D eigenvalue weighted by atomic mass is 35.5. The van der Waals surface area contributed by atoms with Gasteiger partial charge in [0, 0.05) is 36.1 Å². The van der Waals surface area contributed by atoms with Crippen molar-refractivity contribution < 1.29 is 0 Å². The quantitative estimate of drug-likeness (QED) is 0.240. The molecule has 0 N–H and O–H groups in total. The summed E-state index contributed by atoms with van der Waals surface area (Å²) in [5.74, 6) is 2.00. The van der Waals surface area contributed by atoms with E-state index < -0.39 is 0 Å². The van der Waals surface area contributed by atoms with E-state index in [-0.39, 0.29) is 0 Å². The van der Waals surface area contributed by atoms with Crippen molar-refractivity contribution in [1.29, 1.82) is 5.26 Å². The minimum absolute atomic E-state index is 0.370. The second kappa shape index (κ2) is 14.3. The third kappa shape index (κ3) is 7.50. The second-order valence-electron chi connectivity index (χ2n) is 10.4. The summed E-state index contributed by atoms with van der Waals surface area (Å²) in [6, 6.07) is 17.6. The lowest BCUT2D eigenvalue weighted by Crippen LogP contribution is -2.40. The van der Waals surface area contributed by atoms with Crippen LogP contribution in [-0.2, 0) is 6.42 Å². The summed E-state index contributed by atoms with van der Waals surface area (Å²) in [6.45, 7) is 12.8. The maximum atomic E-state index is 9.11. The number of anilines is 1. The van der Waals surface area contributed by atoms with Crippen LogP contribution in [0.5, 0.6) is 0 Å². The highest BCUT2D eigenvalue weighted by Crippen LogP contribution is 2.39. The molecule has 0 spiro atoms. The van der Waals surface area contributed by atoms with Crippen molar-refractivity contribution in [2.75, 3.05) is 18.0 Å². The average molecular weight is 503 g/mol. The molecule has 0 saturated heterocycles. The van der Waals surface area contributed by atoms with E-state index in [1.54, 1.807) is 0 Å². The molecule has 192 valence electrons. The van der Waals surface area contributed by atoms with Crippen molar-refractivity contribution in [2.45, 2.75) is 71.6 Å². The van der Waals surface area contributed by atoms with E-state index in [9.17, 15) is 0 Å². The predicted octanol–water partition coefficient (Wildman–Crippen LogP) is 9.29. The standard InChI is InChI=1S/C33H43ClN2/c1-5-10-28-22-31(34)18-19-32(28)30(11-6-2)24-36(33-13-9-8-12-25(33)4)23-29-17-16-27(29)15-14-26(7-3)20-21-35/h6,8-9,12-15,18-19,22,26-27,29-30H,2,5,7,10-11,16-17,20,23-24H2,1,3-4H3/b15-14+. The Kier molecular flexibility index (Phi) is 11.1. The van der Waals surface area contributed by atoms with Crippen molar-refractivity contribution in [3.05, 3.63) is 89.0 Å². The number of hydrogen-bond acceptors (Lipinski definition) is 2. The molecule has 36 heavy (non-hydrogen) atoms. The molecule has 1 aliphatic carbocycles. The van der Waals surface area contributed by atoms with E-state index in [0.717, 1.165) is 43.8 Å². The zero-order valence-corrected chi connectivity index (χ0v) is 23.2. The molecule has 0 heterocycles. The molecule has 0 bridgehead atoms. The normalized spacial score (nSPS) is 18.9. The van der Waals surface area contributed by atoms with Crippen LogP contribution in [0.15, 0.2) is 67.3 Å². The maximum Gasteiger partial charge on any atom is 0.0627 e.